The van der Waals surface area contributed by atoms with Crippen molar-refractivity contribution < 1.29 is 5.11 Å². The second kappa shape index (κ2) is 3.49. The zero-order chi connectivity index (χ0) is 7.40. The van der Waals surface area contributed by atoms with Crippen LogP contribution in [0, 0.1) is 6.92 Å². The molecule has 54 valence electrons. The molecule has 3 heteroatoms. The van der Waals surface area contributed by atoms with E-state index in [1.807, 2.05) is 13.0 Å². The molecule has 1 rings (SSSR count). The van der Waals surface area contributed by atoms with Crippen molar-refractivity contribution in [3.05, 3.63) is 22.2 Å². The van der Waals surface area contributed by atoms with Crippen LogP contribution in [0.15, 0.2) is 12.3 Å². The van der Waals surface area contributed by atoms with E-state index >= 15 is 0 Å². The molecule has 0 radical (unpaired) electrons. The van der Waals surface area contributed by atoms with Gasteiger partial charge in [0.2, 0.25) is 0 Å². The zero-order valence-electron chi connectivity index (χ0n) is 5.74. The highest BCUT2D eigenvalue weighted by Gasteiger charge is 1.90. The van der Waals surface area contributed by atoms with E-state index in [0.717, 1.165) is 9.88 Å². The molecule has 0 unspecified atom stereocenters. The third kappa shape index (κ3) is 1.93. The Kier molecular flexibility index (Phi) is 2.59. The van der Waals surface area contributed by atoms with E-state index in [4.69, 9.17) is 5.11 Å². The predicted octanol–water partition coefficient (Wildman–Crippen LogP) is 1.46. The standard InChI is InChI=1S/C7H9NOS/c1-6-8-5-7(10-6)3-2-4-9/h2-3,5,9H,4H2,1H3. The average molecular weight is 155 g/mol. The molecule has 2 nitrogen and oxygen atoms in total. The van der Waals surface area contributed by atoms with Gasteiger partial charge in [0.05, 0.1) is 11.6 Å². The van der Waals surface area contributed by atoms with Crippen LogP contribution in [0.2, 0.25) is 0 Å². The Bertz CT molecular complexity index is 229. The molecule has 0 amide bonds. The summed E-state index contributed by atoms with van der Waals surface area (Å²) in [5.74, 6) is 0. The summed E-state index contributed by atoms with van der Waals surface area (Å²) < 4.78 is 0. The lowest BCUT2D eigenvalue weighted by Gasteiger charge is -1.78. The van der Waals surface area contributed by atoms with Crippen LogP contribution in [0.4, 0.5) is 0 Å². The Morgan fingerprint density at radius 1 is 1.80 bits per heavy atom. The normalized spacial score (nSPS) is 11.0. The highest BCUT2D eigenvalue weighted by molar-refractivity contribution is 7.12. The summed E-state index contributed by atoms with van der Waals surface area (Å²) >= 11 is 1.62. The third-order valence-electron chi connectivity index (χ3n) is 1.03. The first-order valence-corrected chi connectivity index (χ1v) is 3.84. The molecule has 1 aromatic rings. The van der Waals surface area contributed by atoms with Gasteiger partial charge in [0.1, 0.15) is 0 Å². The second-order valence-corrected chi connectivity index (χ2v) is 3.13. The van der Waals surface area contributed by atoms with Gasteiger partial charge in [0.25, 0.3) is 0 Å². The quantitative estimate of drug-likeness (QED) is 0.701. The van der Waals surface area contributed by atoms with Crippen molar-refractivity contribution in [2.45, 2.75) is 6.92 Å². The van der Waals surface area contributed by atoms with Crippen molar-refractivity contribution in [1.82, 2.24) is 4.98 Å². The largest absolute Gasteiger partial charge is 0.392 e. The van der Waals surface area contributed by atoms with Crippen molar-refractivity contribution in [2.75, 3.05) is 6.61 Å². The fourth-order valence-corrected chi connectivity index (χ4v) is 1.34. The van der Waals surface area contributed by atoms with E-state index in [2.05, 4.69) is 4.98 Å². The summed E-state index contributed by atoms with van der Waals surface area (Å²) in [7, 11) is 0. The van der Waals surface area contributed by atoms with Gasteiger partial charge in [0, 0.05) is 11.1 Å². The monoisotopic (exact) mass is 155 g/mol. The van der Waals surface area contributed by atoms with Gasteiger partial charge in [-0.25, -0.2) is 4.98 Å². The first kappa shape index (κ1) is 7.44. The molecule has 0 saturated carbocycles. The number of aliphatic hydroxyl groups excluding tert-OH is 1. The van der Waals surface area contributed by atoms with E-state index in [1.54, 1.807) is 23.6 Å². The summed E-state index contributed by atoms with van der Waals surface area (Å²) in [6.07, 6.45) is 5.36. The zero-order valence-corrected chi connectivity index (χ0v) is 6.56. The van der Waals surface area contributed by atoms with Gasteiger partial charge in [-0.3, -0.25) is 0 Å². The number of hydrogen-bond donors (Lipinski definition) is 1. The summed E-state index contributed by atoms with van der Waals surface area (Å²) in [5, 5.41) is 9.49. The summed E-state index contributed by atoms with van der Waals surface area (Å²) in [6, 6.07) is 0. The van der Waals surface area contributed by atoms with E-state index in [1.165, 1.54) is 0 Å². The first-order chi connectivity index (χ1) is 4.83. The summed E-state index contributed by atoms with van der Waals surface area (Å²) in [4.78, 5) is 5.14. The van der Waals surface area contributed by atoms with Crippen LogP contribution in [0.3, 0.4) is 0 Å². The van der Waals surface area contributed by atoms with Gasteiger partial charge >= 0.3 is 0 Å². The molecule has 1 N–H and O–H groups in total. The maximum absolute atomic E-state index is 8.43. The summed E-state index contributed by atoms with van der Waals surface area (Å²) in [5.41, 5.74) is 0. The van der Waals surface area contributed by atoms with Crippen LogP contribution >= 0.6 is 11.3 Å². The maximum atomic E-state index is 8.43. The Labute approximate surface area is 63.9 Å². The molecule has 0 aliphatic carbocycles. The molecule has 1 aromatic heterocycles. The van der Waals surface area contributed by atoms with Crippen molar-refractivity contribution in [3.8, 4) is 0 Å². The first-order valence-electron chi connectivity index (χ1n) is 3.03. The predicted molar refractivity (Wildman–Crippen MR) is 43.0 cm³/mol. The van der Waals surface area contributed by atoms with Crippen LogP contribution < -0.4 is 0 Å². The van der Waals surface area contributed by atoms with Gasteiger partial charge < -0.3 is 5.11 Å². The van der Waals surface area contributed by atoms with Crippen LogP contribution in [0.5, 0.6) is 0 Å². The van der Waals surface area contributed by atoms with Gasteiger partial charge in [-0.05, 0) is 13.0 Å². The van der Waals surface area contributed by atoms with Gasteiger partial charge in [-0.2, -0.15) is 0 Å². The molecule has 0 aliphatic heterocycles. The third-order valence-corrected chi connectivity index (χ3v) is 1.90. The van der Waals surface area contributed by atoms with Crippen LogP contribution in [-0.2, 0) is 0 Å². The molecule has 0 saturated heterocycles. The van der Waals surface area contributed by atoms with Gasteiger partial charge in [-0.1, -0.05) is 6.08 Å². The minimum Gasteiger partial charge on any atom is -0.392 e. The van der Waals surface area contributed by atoms with Crippen molar-refractivity contribution in [3.63, 3.8) is 0 Å². The van der Waals surface area contributed by atoms with Crippen LogP contribution in [0.25, 0.3) is 6.08 Å². The lowest BCUT2D eigenvalue weighted by molar-refractivity contribution is 0.343. The Morgan fingerprint density at radius 2 is 2.60 bits per heavy atom. The van der Waals surface area contributed by atoms with E-state index in [0.29, 0.717) is 0 Å². The fourth-order valence-electron chi connectivity index (χ4n) is 0.624. The fraction of sp³-hybridized carbons (Fsp3) is 0.286. The molecular weight excluding hydrogens is 146 g/mol. The number of aryl methyl sites for hydroxylation is 1. The molecule has 0 fully saturated rings. The highest BCUT2D eigenvalue weighted by Crippen LogP contribution is 2.12. The summed E-state index contributed by atoms with van der Waals surface area (Å²) in [6.45, 7) is 2.05. The Hall–Kier alpha value is -0.670. The molecule has 1 heterocycles. The van der Waals surface area contributed by atoms with E-state index in [9.17, 15) is 0 Å². The van der Waals surface area contributed by atoms with E-state index < -0.39 is 0 Å². The van der Waals surface area contributed by atoms with Crippen molar-refractivity contribution >= 4 is 17.4 Å². The molecule has 0 aliphatic rings. The molecule has 0 bridgehead atoms. The Balaban J connectivity index is 2.67. The van der Waals surface area contributed by atoms with Gasteiger partial charge in [-0.15, -0.1) is 11.3 Å². The maximum Gasteiger partial charge on any atom is 0.0900 e. The smallest absolute Gasteiger partial charge is 0.0900 e. The molecule has 0 atom stereocenters. The lowest BCUT2D eigenvalue weighted by Crippen LogP contribution is -1.68. The highest BCUT2D eigenvalue weighted by atomic mass is 32.1. The number of aliphatic hydroxyl groups is 1. The average Bonchev–Trinajstić information content (AvgIpc) is 2.31. The minimum absolute atomic E-state index is 0.0942. The number of thiazole rings is 1. The topological polar surface area (TPSA) is 33.1 Å². The number of nitrogens with zero attached hydrogens (tertiary/aromatic N) is 1. The van der Waals surface area contributed by atoms with Gasteiger partial charge in [0.15, 0.2) is 0 Å². The second-order valence-electron chi connectivity index (χ2n) is 1.87. The van der Waals surface area contributed by atoms with Crippen molar-refractivity contribution in [2.24, 2.45) is 0 Å². The van der Waals surface area contributed by atoms with E-state index in [-0.39, 0.29) is 6.61 Å². The van der Waals surface area contributed by atoms with Crippen LogP contribution in [-0.4, -0.2) is 16.7 Å². The number of aromatic nitrogens is 1. The van der Waals surface area contributed by atoms with Crippen LogP contribution in [0.1, 0.15) is 9.88 Å². The molecular formula is C7H9NOS. The number of rotatable bonds is 2. The molecule has 0 aromatic carbocycles. The minimum atomic E-state index is 0.0942. The number of hydrogen-bond acceptors (Lipinski definition) is 3. The molecule has 10 heavy (non-hydrogen) atoms. The van der Waals surface area contributed by atoms with Crippen molar-refractivity contribution in [1.29, 1.82) is 0 Å². The molecule has 0 spiro atoms. The Morgan fingerprint density at radius 3 is 3.10 bits per heavy atom. The SMILES string of the molecule is Cc1ncc(C=CCO)s1. The lowest BCUT2D eigenvalue weighted by atomic mass is 10.5.